The van der Waals surface area contributed by atoms with Crippen molar-refractivity contribution in [3.8, 4) is 0 Å². The molecule has 2 aromatic heterocycles. The SMILES string of the molecule is Cc1cc(=O)[nH]c(NC(=O)NCC2(C)CC(NC(=O)Nc3ccc(C=CC(=O)OCCCCCCCCCCCCCCOC(=O)C=Cc4ccc(NC(=O)NC5CC(C)(C)CC(C)(CNC(=O)Nc6nc(C)cc(=O)[nH]6)C5)cc4)cc3)CC(C)(C)C2)n1. The summed E-state index contributed by atoms with van der Waals surface area (Å²) in [4.78, 5) is 113. The van der Waals surface area contributed by atoms with E-state index in [1.165, 1.54) is 50.0 Å². The average molecular weight is 1220 g/mol. The number of benzene rings is 2. The quantitative estimate of drug-likeness (QED) is 0.0138. The highest BCUT2D eigenvalue weighted by molar-refractivity contribution is 5.92. The summed E-state index contributed by atoms with van der Waals surface area (Å²) in [7, 11) is 0. The van der Waals surface area contributed by atoms with E-state index in [0.717, 1.165) is 88.2 Å². The van der Waals surface area contributed by atoms with Crippen LogP contribution < -0.4 is 53.7 Å². The molecule has 8 amide bonds. The lowest BCUT2D eigenvalue weighted by Gasteiger charge is -2.46. The van der Waals surface area contributed by atoms with E-state index >= 15 is 0 Å². The number of H-pyrrole nitrogens is 2. The molecule has 4 atom stereocenters. The van der Waals surface area contributed by atoms with Crippen LogP contribution >= 0.6 is 0 Å². The Morgan fingerprint density at radius 2 is 0.830 bits per heavy atom. The van der Waals surface area contributed by atoms with E-state index in [1.54, 1.807) is 50.3 Å². The summed E-state index contributed by atoms with van der Waals surface area (Å²) in [6, 6.07) is 15.2. The number of amides is 8. The summed E-state index contributed by atoms with van der Waals surface area (Å²) < 4.78 is 10.8. The van der Waals surface area contributed by atoms with Gasteiger partial charge in [0.15, 0.2) is 0 Å². The maximum atomic E-state index is 13.1. The Labute approximate surface area is 517 Å². The fourth-order valence-corrected chi connectivity index (χ4v) is 12.7. The van der Waals surface area contributed by atoms with E-state index in [4.69, 9.17) is 9.47 Å². The molecule has 2 aliphatic carbocycles. The van der Waals surface area contributed by atoms with Crippen LogP contribution in [0.15, 0.2) is 82.4 Å². The second-order valence-corrected chi connectivity index (χ2v) is 26.3. The summed E-state index contributed by atoms with van der Waals surface area (Å²) in [5, 5.41) is 23.1. The summed E-state index contributed by atoms with van der Waals surface area (Å²) in [5.41, 5.74) is 2.30. The number of nitrogens with one attached hydrogen (secondary N) is 10. The van der Waals surface area contributed by atoms with Crippen molar-refractivity contribution in [2.24, 2.45) is 21.7 Å². The minimum atomic E-state index is -0.475. The fourth-order valence-electron chi connectivity index (χ4n) is 12.7. The molecule has 10 N–H and O–H groups in total. The molecular formula is C66H94N12O10. The Balaban J connectivity index is 0.727. The van der Waals surface area contributed by atoms with Crippen molar-refractivity contribution in [3.05, 3.63) is 116 Å². The summed E-state index contributed by atoms with van der Waals surface area (Å²) in [6.45, 7) is 17.6. The lowest BCUT2D eigenvalue weighted by Crippen LogP contribution is -2.51. The van der Waals surface area contributed by atoms with Crippen molar-refractivity contribution in [2.45, 2.75) is 183 Å². The van der Waals surface area contributed by atoms with Crippen LogP contribution in [0.25, 0.3) is 12.2 Å². The molecule has 4 aromatic rings. The number of unbranched alkanes of at least 4 members (excludes halogenated alkanes) is 11. The molecule has 2 aromatic carbocycles. The van der Waals surface area contributed by atoms with Crippen molar-refractivity contribution >= 4 is 71.5 Å². The molecule has 22 nitrogen and oxygen atoms in total. The Morgan fingerprint density at radius 3 is 1.17 bits per heavy atom. The van der Waals surface area contributed by atoms with Gasteiger partial charge in [0.05, 0.1) is 13.2 Å². The molecule has 88 heavy (non-hydrogen) atoms. The van der Waals surface area contributed by atoms with Gasteiger partial charge in [-0.05, 0) is 134 Å². The van der Waals surface area contributed by atoms with Gasteiger partial charge in [0.2, 0.25) is 11.9 Å². The van der Waals surface area contributed by atoms with Crippen LogP contribution in [0.2, 0.25) is 0 Å². The third-order valence-corrected chi connectivity index (χ3v) is 15.8. The van der Waals surface area contributed by atoms with Crippen LogP contribution in [-0.2, 0) is 19.1 Å². The number of aromatic nitrogens is 4. The van der Waals surface area contributed by atoms with Gasteiger partial charge in [-0.25, -0.2) is 38.7 Å². The number of nitrogens with zero attached hydrogens (tertiary/aromatic N) is 2. The van der Waals surface area contributed by atoms with Gasteiger partial charge in [-0.1, -0.05) is 130 Å². The number of aryl methyl sites for hydroxylation is 2. The van der Waals surface area contributed by atoms with Crippen molar-refractivity contribution < 1.29 is 38.2 Å². The minimum absolute atomic E-state index is 0.0769. The first kappa shape index (κ1) is 68.8. The smallest absolute Gasteiger partial charge is 0.330 e. The molecule has 2 saturated carbocycles. The highest BCUT2D eigenvalue weighted by Crippen LogP contribution is 2.47. The first-order valence-corrected chi connectivity index (χ1v) is 31.1. The van der Waals surface area contributed by atoms with E-state index < -0.39 is 24.0 Å². The largest absolute Gasteiger partial charge is 0.463 e. The molecule has 2 aliphatic rings. The van der Waals surface area contributed by atoms with Crippen LogP contribution in [0.5, 0.6) is 0 Å². The van der Waals surface area contributed by atoms with Gasteiger partial charge in [-0.15, -0.1) is 0 Å². The Kier molecular flexibility index (Phi) is 25.9. The minimum Gasteiger partial charge on any atom is -0.463 e. The number of carbonyl (C=O) groups excluding carboxylic acids is 6. The molecule has 0 bridgehead atoms. The topological polar surface area (TPSA) is 309 Å². The van der Waals surface area contributed by atoms with E-state index in [2.05, 4.69) is 104 Å². The third-order valence-electron chi connectivity index (χ3n) is 15.8. The molecule has 0 saturated heterocycles. The summed E-state index contributed by atoms with van der Waals surface area (Å²) in [6.07, 6.45) is 23.7. The number of hydrogen-bond donors (Lipinski definition) is 10. The molecule has 4 unspecified atom stereocenters. The summed E-state index contributed by atoms with van der Waals surface area (Å²) >= 11 is 0. The van der Waals surface area contributed by atoms with Gasteiger partial charge < -0.3 is 41.4 Å². The predicted octanol–water partition coefficient (Wildman–Crippen LogP) is 12.0. The van der Waals surface area contributed by atoms with Crippen molar-refractivity contribution in [1.29, 1.82) is 0 Å². The standard InChI is InChI=1S/C66H94N12O10/c1-45-35-53(79)75-57(69-45)77-59(83)67-43-65(7)39-51(37-63(3,4)41-65)73-61(85)71-49-27-21-47(22-28-49)25-31-55(81)87-33-19-17-15-13-11-9-10-12-14-16-18-20-34-88-56(82)32-26-48-23-29-50(30-24-48)72-62(86)74-52-38-64(5,6)42-66(8,40-52)44-68-60(84)78-58-70-46(2)36-54(80)76-58/h21-32,35-36,51-52H,9-20,33-34,37-44H2,1-8H3,(H2,71,73,85)(H2,72,74,86)(H3,67,69,75,77,79,83)(H3,68,70,76,78,80,84). The number of carbonyl (C=O) groups is 6. The zero-order valence-electron chi connectivity index (χ0n) is 52.8. The van der Waals surface area contributed by atoms with Gasteiger partial charge in [0.1, 0.15) is 0 Å². The third kappa shape index (κ3) is 26.0. The van der Waals surface area contributed by atoms with Crippen LogP contribution in [0.1, 0.15) is 180 Å². The maximum absolute atomic E-state index is 13.1. The molecular weight excluding hydrogens is 1120 g/mol. The first-order chi connectivity index (χ1) is 41.8. The number of esters is 2. The number of hydrogen-bond acceptors (Lipinski definition) is 12. The lowest BCUT2D eigenvalue weighted by molar-refractivity contribution is -0.138. The molecule has 2 heterocycles. The van der Waals surface area contributed by atoms with Gasteiger partial charge in [0, 0.05) is 72.2 Å². The second kappa shape index (κ2) is 33.2. The van der Waals surface area contributed by atoms with Gasteiger partial charge >= 0.3 is 36.1 Å². The average Bonchev–Trinajstić information content (AvgIpc) is 1.90. The Bertz CT molecular complexity index is 2950. The molecule has 2 fully saturated rings. The first-order valence-electron chi connectivity index (χ1n) is 31.1. The normalized spacial score (nSPS) is 19.5. The Morgan fingerprint density at radius 1 is 0.489 bits per heavy atom. The van der Waals surface area contributed by atoms with Gasteiger partial charge in [-0.2, -0.15) is 0 Å². The molecule has 478 valence electrons. The van der Waals surface area contributed by atoms with Crippen LogP contribution in [0.4, 0.5) is 42.4 Å². The zero-order chi connectivity index (χ0) is 63.7. The highest BCUT2D eigenvalue weighted by Gasteiger charge is 2.43. The highest BCUT2D eigenvalue weighted by atomic mass is 16.5. The fraction of sp³-hybridized carbons (Fsp3) is 0.545. The van der Waals surface area contributed by atoms with Gasteiger partial charge in [-0.3, -0.25) is 30.2 Å². The van der Waals surface area contributed by atoms with E-state index in [-0.39, 0.29) is 68.8 Å². The van der Waals surface area contributed by atoms with Crippen LogP contribution in [0.3, 0.4) is 0 Å². The lowest BCUT2D eigenvalue weighted by atomic mass is 9.62. The van der Waals surface area contributed by atoms with E-state index in [9.17, 15) is 38.4 Å². The number of aromatic amines is 2. The van der Waals surface area contributed by atoms with Crippen LogP contribution in [0, 0.1) is 35.5 Å². The second-order valence-electron chi connectivity index (χ2n) is 26.3. The van der Waals surface area contributed by atoms with E-state index in [1.807, 2.05) is 24.3 Å². The number of anilines is 4. The zero-order valence-corrected chi connectivity index (χ0v) is 52.8. The predicted molar refractivity (Wildman–Crippen MR) is 345 cm³/mol. The number of ether oxygens (including phenoxy) is 2. The Hall–Kier alpha value is -8.30. The molecule has 0 aliphatic heterocycles. The molecule has 0 spiro atoms. The maximum Gasteiger partial charge on any atom is 0.330 e. The van der Waals surface area contributed by atoms with E-state index in [0.29, 0.717) is 61.9 Å². The van der Waals surface area contributed by atoms with Crippen molar-refractivity contribution in [1.82, 2.24) is 41.2 Å². The number of urea groups is 4. The number of rotatable bonds is 29. The molecule has 0 radical (unpaired) electrons. The van der Waals surface area contributed by atoms with Crippen molar-refractivity contribution in [3.63, 3.8) is 0 Å². The van der Waals surface area contributed by atoms with Crippen molar-refractivity contribution in [2.75, 3.05) is 47.6 Å². The van der Waals surface area contributed by atoms with Gasteiger partial charge in [0.25, 0.3) is 11.1 Å². The molecule has 6 rings (SSSR count). The summed E-state index contributed by atoms with van der Waals surface area (Å²) in [5.74, 6) is -0.634. The molecule has 22 heteroatoms. The van der Waals surface area contributed by atoms with Crippen LogP contribution in [-0.4, -0.2) is 94.4 Å². The monoisotopic (exact) mass is 1210 g/mol.